The summed E-state index contributed by atoms with van der Waals surface area (Å²) in [7, 11) is 0. The smallest absolute Gasteiger partial charge is 0.276 e. The van der Waals surface area contributed by atoms with Gasteiger partial charge in [-0.2, -0.15) is 5.10 Å². The molecule has 0 saturated carbocycles. The highest BCUT2D eigenvalue weighted by Gasteiger charge is 2.13. The maximum atomic E-state index is 13.1. The number of aliphatic hydroxyl groups excluding tert-OH is 1. The van der Waals surface area contributed by atoms with Gasteiger partial charge in [0.05, 0.1) is 18.3 Å². The first-order valence-corrected chi connectivity index (χ1v) is 8.67. The van der Waals surface area contributed by atoms with Gasteiger partial charge in [0.15, 0.2) is 0 Å². The number of aliphatic hydroxyl groups is 1. The molecule has 0 unspecified atom stereocenters. The lowest BCUT2D eigenvalue weighted by atomic mass is 10.1. The molecular weight excluding hydrogens is 369 g/mol. The third-order valence-electron chi connectivity index (χ3n) is 4.35. The molecule has 1 N–H and O–H groups in total. The number of nitrogens with zero attached hydrogens (tertiary/aromatic N) is 3. The Balaban J connectivity index is 1.68. The van der Waals surface area contributed by atoms with Gasteiger partial charge in [-0.1, -0.05) is 23.7 Å². The highest BCUT2D eigenvalue weighted by molar-refractivity contribution is 6.30. The molecule has 0 spiro atoms. The van der Waals surface area contributed by atoms with Gasteiger partial charge in [-0.3, -0.25) is 4.79 Å². The van der Waals surface area contributed by atoms with E-state index in [9.17, 15) is 14.3 Å². The van der Waals surface area contributed by atoms with Crippen molar-refractivity contribution < 1.29 is 9.50 Å². The summed E-state index contributed by atoms with van der Waals surface area (Å²) < 4.78 is 16.0. The summed E-state index contributed by atoms with van der Waals surface area (Å²) in [4.78, 5) is 12.8. The average Bonchev–Trinajstić information content (AvgIpc) is 3.10. The molecule has 27 heavy (non-hydrogen) atoms. The van der Waals surface area contributed by atoms with Crippen molar-refractivity contribution in [2.75, 3.05) is 0 Å². The van der Waals surface area contributed by atoms with Crippen LogP contribution in [0.2, 0.25) is 5.02 Å². The van der Waals surface area contributed by atoms with Crippen LogP contribution in [0.3, 0.4) is 0 Å². The fraction of sp³-hybridized carbons (Fsp3) is 0.100. The van der Waals surface area contributed by atoms with E-state index >= 15 is 0 Å². The van der Waals surface area contributed by atoms with E-state index in [4.69, 9.17) is 11.6 Å². The van der Waals surface area contributed by atoms with Crippen LogP contribution in [-0.2, 0) is 6.54 Å². The molecule has 2 aromatic heterocycles. The van der Waals surface area contributed by atoms with Gasteiger partial charge in [0, 0.05) is 23.0 Å². The molecule has 1 atom stereocenters. The van der Waals surface area contributed by atoms with Gasteiger partial charge in [0.25, 0.3) is 5.56 Å². The van der Waals surface area contributed by atoms with Crippen LogP contribution in [0.5, 0.6) is 0 Å². The summed E-state index contributed by atoms with van der Waals surface area (Å²) in [6.45, 7) is 0.0900. The zero-order valence-electron chi connectivity index (χ0n) is 14.1. The van der Waals surface area contributed by atoms with Gasteiger partial charge in [-0.05, 0) is 48.0 Å². The Hall–Kier alpha value is -2.96. The molecule has 0 saturated heterocycles. The van der Waals surface area contributed by atoms with Crippen molar-refractivity contribution in [1.82, 2.24) is 14.2 Å². The first-order valence-electron chi connectivity index (χ1n) is 8.29. The zero-order chi connectivity index (χ0) is 19.0. The molecule has 7 heteroatoms. The van der Waals surface area contributed by atoms with Gasteiger partial charge in [0.2, 0.25) is 0 Å². The van der Waals surface area contributed by atoms with Gasteiger partial charge >= 0.3 is 0 Å². The van der Waals surface area contributed by atoms with Crippen molar-refractivity contribution in [3.05, 3.63) is 93.7 Å². The quantitative estimate of drug-likeness (QED) is 0.584. The third-order valence-corrected chi connectivity index (χ3v) is 4.58. The fourth-order valence-electron chi connectivity index (χ4n) is 2.94. The highest BCUT2D eigenvalue weighted by atomic mass is 35.5. The minimum atomic E-state index is -0.872. The van der Waals surface area contributed by atoms with Crippen molar-refractivity contribution in [1.29, 1.82) is 0 Å². The Labute approximate surface area is 158 Å². The van der Waals surface area contributed by atoms with E-state index in [2.05, 4.69) is 5.10 Å². The number of hydrogen-bond donors (Lipinski definition) is 1. The van der Waals surface area contributed by atoms with E-state index in [0.29, 0.717) is 27.4 Å². The summed E-state index contributed by atoms with van der Waals surface area (Å²) in [5.74, 6) is -0.333. The van der Waals surface area contributed by atoms with Crippen LogP contribution in [0, 0.1) is 5.82 Å². The van der Waals surface area contributed by atoms with Crippen molar-refractivity contribution >= 4 is 17.1 Å². The molecule has 0 aliphatic carbocycles. The topological polar surface area (TPSA) is 59.5 Å². The van der Waals surface area contributed by atoms with Crippen LogP contribution >= 0.6 is 11.6 Å². The normalized spacial score (nSPS) is 12.4. The van der Waals surface area contributed by atoms with Crippen molar-refractivity contribution in [2.45, 2.75) is 12.6 Å². The second kappa shape index (κ2) is 6.98. The van der Waals surface area contributed by atoms with E-state index < -0.39 is 6.10 Å². The molecule has 0 bridgehead atoms. The molecule has 4 aromatic rings. The molecule has 0 fully saturated rings. The minimum absolute atomic E-state index is 0.0900. The van der Waals surface area contributed by atoms with E-state index in [1.54, 1.807) is 54.9 Å². The lowest BCUT2D eigenvalue weighted by Crippen LogP contribution is -2.24. The fourth-order valence-corrected chi connectivity index (χ4v) is 3.14. The van der Waals surface area contributed by atoms with Crippen LogP contribution in [0.15, 0.2) is 71.8 Å². The zero-order valence-corrected chi connectivity index (χ0v) is 14.8. The summed E-state index contributed by atoms with van der Waals surface area (Å²) in [6.07, 6.45) is 2.35. The van der Waals surface area contributed by atoms with Gasteiger partial charge < -0.3 is 9.67 Å². The van der Waals surface area contributed by atoms with Crippen LogP contribution in [-0.4, -0.2) is 19.3 Å². The monoisotopic (exact) mass is 383 g/mol. The second-order valence-corrected chi connectivity index (χ2v) is 6.63. The molecule has 2 aromatic carbocycles. The second-order valence-electron chi connectivity index (χ2n) is 6.19. The number of benzene rings is 2. The lowest BCUT2D eigenvalue weighted by Gasteiger charge is -2.13. The number of aromatic nitrogens is 3. The molecule has 136 valence electrons. The Kier molecular flexibility index (Phi) is 4.51. The van der Waals surface area contributed by atoms with E-state index in [1.807, 2.05) is 0 Å². The van der Waals surface area contributed by atoms with E-state index in [0.717, 1.165) is 0 Å². The first-order chi connectivity index (χ1) is 13.0. The van der Waals surface area contributed by atoms with Crippen molar-refractivity contribution in [3.63, 3.8) is 0 Å². The largest absolute Gasteiger partial charge is 0.387 e. The first kappa shape index (κ1) is 17.5. The Morgan fingerprint density at radius 1 is 1.11 bits per heavy atom. The summed E-state index contributed by atoms with van der Waals surface area (Å²) in [6, 6.07) is 14.5. The van der Waals surface area contributed by atoms with Crippen molar-refractivity contribution in [3.8, 4) is 11.3 Å². The summed E-state index contributed by atoms with van der Waals surface area (Å²) >= 11 is 5.96. The van der Waals surface area contributed by atoms with E-state index in [1.165, 1.54) is 21.2 Å². The average molecular weight is 384 g/mol. The third kappa shape index (κ3) is 3.49. The van der Waals surface area contributed by atoms with Crippen LogP contribution in [0.4, 0.5) is 4.39 Å². The lowest BCUT2D eigenvalue weighted by molar-refractivity contribution is 0.155. The maximum absolute atomic E-state index is 13.1. The Morgan fingerprint density at radius 2 is 1.89 bits per heavy atom. The molecule has 0 aliphatic rings. The predicted molar refractivity (Wildman–Crippen MR) is 101 cm³/mol. The van der Waals surface area contributed by atoms with Gasteiger partial charge in [0.1, 0.15) is 11.3 Å². The highest BCUT2D eigenvalue weighted by Crippen LogP contribution is 2.20. The molecule has 0 amide bonds. The Morgan fingerprint density at radius 3 is 2.63 bits per heavy atom. The van der Waals surface area contributed by atoms with Crippen LogP contribution in [0.25, 0.3) is 16.8 Å². The Bertz CT molecular complexity index is 1170. The molecular formula is C20H15ClFN3O2. The predicted octanol–water partition coefficient (Wildman–Crippen LogP) is 3.69. The molecule has 0 radical (unpaired) electrons. The minimum Gasteiger partial charge on any atom is -0.387 e. The number of fused-ring (bicyclic) bond motifs is 1. The number of halogens is 2. The van der Waals surface area contributed by atoms with Gasteiger partial charge in [-0.25, -0.2) is 8.91 Å². The molecule has 2 heterocycles. The van der Waals surface area contributed by atoms with Crippen molar-refractivity contribution in [2.24, 2.45) is 0 Å². The standard InChI is InChI=1S/C20H15ClFN3O2/c21-15-3-1-2-14(10-15)19(26)12-24-8-9-25-18(20(24)27)11-17(23-25)13-4-6-16(22)7-5-13/h1-11,19,26H,12H2/t19-/m1/s1. The summed E-state index contributed by atoms with van der Waals surface area (Å²) in [5, 5.41) is 15.3. The number of rotatable bonds is 4. The molecule has 0 aliphatic heterocycles. The van der Waals surface area contributed by atoms with Crippen LogP contribution < -0.4 is 5.56 Å². The van der Waals surface area contributed by atoms with Gasteiger partial charge in [-0.15, -0.1) is 0 Å². The van der Waals surface area contributed by atoms with Crippen LogP contribution in [0.1, 0.15) is 11.7 Å². The van der Waals surface area contributed by atoms with E-state index in [-0.39, 0.29) is 17.9 Å². The molecule has 4 rings (SSSR count). The summed E-state index contributed by atoms with van der Waals surface area (Å²) in [5.41, 5.74) is 2.01. The molecule has 5 nitrogen and oxygen atoms in total. The SMILES string of the molecule is O=c1c2cc(-c3ccc(F)cc3)nn2ccn1C[C@@H](O)c1cccc(Cl)c1. The number of hydrogen-bond acceptors (Lipinski definition) is 3. The maximum Gasteiger partial charge on any atom is 0.276 e.